The van der Waals surface area contributed by atoms with Gasteiger partial charge in [-0.3, -0.25) is 4.90 Å². The molecule has 0 radical (unpaired) electrons. The van der Waals surface area contributed by atoms with Gasteiger partial charge in [0.05, 0.1) is 0 Å². The molecule has 14 heavy (non-hydrogen) atoms. The Morgan fingerprint density at radius 1 is 1.21 bits per heavy atom. The van der Waals surface area contributed by atoms with Crippen molar-refractivity contribution in [1.29, 1.82) is 0 Å². The summed E-state index contributed by atoms with van der Waals surface area (Å²) in [5.41, 5.74) is 5.77. The Labute approximate surface area is 88.8 Å². The van der Waals surface area contributed by atoms with E-state index in [-0.39, 0.29) is 0 Å². The molecule has 2 heteroatoms. The third-order valence-corrected chi connectivity index (χ3v) is 3.35. The molecule has 2 nitrogen and oxygen atoms in total. The summed E-state index contributed by atoms with van der Waals surface area (Å²) in [5, 5.41) is 0. The molecule has 1 aliphatic rings. The second-order valence-corrected chi connectivity index (χ2v) is 5.32. The summed E-state index contributed by atoms with van der Waals surface area (Å²) in [4.78, 5) is 2.64. The minimum absolute atomic E-state index is 0.664. The fourth-order valence-corrected chi connectivity index (χ4v) is 2.41. The van der Waals surface area contributed by atoms with Crippen molar-refractivity contribution in [3.8, 4) is 0 Å². The molecule has 1 rings (SSSR count). The molecule has 2 N–H and O–H groups in total. The van der Waals surface area contributed by atoms with Crippen LogP contribution in [0, 0.1) is 11.8 Å². The summed E-state index contributed by atoms with van der Waals surface area (Å²) in [6.07, 6.45) is 2.69. The molecule has 0 bridgehead atoms. The van der Waals surface area contributed by atoms with E-state index in [1.54, 1.807) is 0 Å². The highest BCUT2D eigenvalue weighted by atomic mass is 15.2. The molecule has 0 aliphatic heterocycles. The van der Waals surface area contributed by atoms with Crippen LogP contribution in [0.1, 0.15) is 40.5 Å². The zero-order valence-corrected chi connectivity index (χ0v) is 10.2. The van der Waals surface area contributed by atoms with E-state index in [0.29, 0.717) is 6.04 Å². The molecule has 0 aromatic carbocycles. The summed E-state index contributed by atoms with van der Waals surface area (Å²) in [5.74, 6) is 1.52. The fourth-order valence-electron chi connectivity index (χ4n) is 2.41. The quantitative estimate of drug-likeness (QED) is 0.733. The van der Waals surface area contributed by atoms with Crippen molar-refractivity contribution in [2.24, 2.45) is 17.6 Å². The Bertz CT molecular complexity index is 164. The first-order valence-corrected chi connectivity index (χ1v) is 6.02. The molecular formula is C12H26N2. The molecule has 1 aliphatic carbocycles. The molecule has 2 atom stereocenters. The normalized spacial score (nSPS) is 27.4. The van der Waals surface area contributed by atoms with E-state index < -0.39 is 0 Å². The lowest BCUT2D eigenvalue weighted by Gasteiger charge is -2.46. The Balaban J connectivity index is 2.50. The van der Waals surface area contributed by atoms with Gasteiger partial charge in [0.1, 0.15) is 0 Å². The van der Waals surface area contributed by atoms with Crippen LogP contribution in [-0.4, -0.2) is 30.1 Å². The van der Waals surface area contributed by atoms with E-state index in [0.717, 1.165) is 24.4 Å². The van der Waals surface area contributed by atoms with Gasteiger partial charge >= 0.3 is 0 Å². The lowest BCUT2D eigenvalue weighted by Crippen LogP contribution is -2.53. The first-order valence-electron chi connectivity index (χ1n) is 6.02. The SMILES string of the molecule is CC(C)CN(C(C)C)C1CCC1CN. The van der Waals surface area contributed by atoms with Gasteiger partial charge in [0, 0.05) is 18.6 Å². The number of rotatable bonds is 5. The minimum atomic E-state index is 0.664. The van der Waals surface area contributed by atoms with Crippen molar-refractivity contribution < 1.29 is 0 Å². The topological polar surface area (TPSA) is 29.3 Å². The zero-order valence-electron chi connectivity index (χ0n) is 10.2. The maximum atomic E-state index is 5.77. The standard InChI is InChI=1S/C12H26N2/c1-9(2)8-14(10(3)4)12-6-5-11(12)7-13/h9-12H,5-8,13H2,1-4H3. The predicted molar refractivity (Wildman–Crippen MR) is 62.2 cm³/mol. The van der Waals surface area contributed by atoms with Gasteiger partial charge in [0.25, 0.3) is 0 Å². The van der Waals surface area contributed by atoms with E-state index in [2.05, 4.69) is 32.6 Å². The highest BCUT2D eigenvalue weighted by molar-refractivity contribution is 4.90. The van der Waals surface area contributed by atoms with Gasteiger partial charge in [-0.05, 0) is 45.1 Å². The third kappa shape index (κ3) is 2.71. The van der Waals surface area contributed by atoms with Gasteiger partial charge in [-0.1, -0.05) is 13.8 Å². The van der Waals surface area contributed by atoms with E-state index in [4.69, 9.17) is 5.73 Å². The van der Waals surface area contributed by atoms with Crippen molar-refractivity contribution in [3.05, 3.63) is 0 Å². The first-order chi connectivity index (χ1) is 6.56. The van der Waals surface area contributed by atoms with Crippen molar-refractivity contribution in [2.45, 2.75) is 52.6 Å². The van der Waals surface area contributed by atoms with E-state index in [1.807, 2.05) is 0 Å². The molecule has 0 aromatic rings. The second-order valence-electron chi connectivity index (χ2n) is 5.32. The molecule has 0 amide bonds. The van der Waals surface area contributed by atoms with Gasteiger partial charge in [-0.25, -0.2) is 0 Å². The van der Waals surface area contributed by atoms with Crippen LogP contribution < -0.4 is 5.73 Å². The number of hydrogen-bond acceptors (Lipinski definition) is 2. The summed E-state index contributed by atoms with van der Waals surface area (Å²) < 4.78 is 0. The molecule has 2 unspecified atom stereocenters. The van der Waals surface area contributed by atoms with Gasteiger partial charge in [0.2, 0.25) is 0 Å². The van der Waals surface area contributed by atoms with Crippen molar-refractivity contribution in [3.63, 3.8) is 0 Å². The van der Waals surface area contributed by atoms with Crippen LogP contribution in [-0.2, 0) is 0 Å². The van der Waals surface area contributed by atoms with Crippen LogP contribution in [0.5, 0.6) is 0 Å². The second kappa shape index (κ2) is 5.13. The van der Waals surface area contributed by atoms with Crippen molar-refractivity contribution in [2.75, 3.05) is 13.1 Å². The Hall–Kier alpha value is -0.0800. The summed E-state index contributed by atoms with van der Waals surface area (Å²) in [6, 6.07) is 1.43. The van der Waals surface area contributed by atoms with E-state index >= 15 is 0 Å². The largest absolute Gasteiger partial charge is 0.330 e. The Kier molecular flexibility index (Phi) is 4.39. The van der Waals surface area contributed by atoms with Crippen LogP contribution in [0.3, 0.4) is 0 Å². The minimum Gasteiger partial charge on any atom is -0.330 e. The molecule has 84 valence electrons. The van der Waals surface area contributed by atoms with Gasteiger partial charge in [-0.2, -0.15) is 0 Å². The van der Waals surface area contributed by atoms with Crippen LogP contribution in [0.4, 0.5) is 0 Å². The molecule has 1 saturated carbocycles. The number of hydrogen-bond donors (Lipinski definition) is 1. The summed E-state index contributed by atoms with van der Waals surface area (Å²) in [6.45, 7) is 11.3. The third-order valence-electron chi connectivity index (χ3n) is 3.35. The molecule has 0 aromatic heterocycles. The highest BCUT2D eigenvalue weighted by Gasteiger charge is 2.35. The van der Waals surface area contributed by atoms with Gasteiger partial charge in [-0.15, -0.1) is 0 Å². The van der Waals surface area contributed by atoms with Crippen LogP contribution in [0.2, 0.25) is 0 Å². The summed E-state index contributed by atoms with van der Waals surface area (Å²) >= 11 is 0. The smallest absolute Gasteiger partial charge is 0.0138 e. The number of nitrogens with zero attached hydrogens (tertiary/aromatic N) is 1. The number of nitrogens with two attached hydrogens (primary N) is 1. The Morgan fingerprint density at radius 2 is 1.86 bits per heavy atom. The first kappa shape index (κ1) is 12.0. The van der Waals surface area contributed by atoms with Crippen LogP contribution >= 0.6 is 0 Å². The molecule has 0 saturated heterocycles. The van der Waals surface area contributed by atoms with Crippen molar-refractivity contribution >= 4 is 0 Å². The maximum Gasteiger partial charge on any atom is 0.0138 e. The molecule has 0 heterocycles. The van der Waals surface area contributed by atoms with Gasteiger partial charge in [0.15, 0.2) is 0 Å². The van der Waals surface area contributed by atoms with Crippen LogP contribution in [0.25, 0.3) is 0 Å². The molecular weight excluding hydrogens is 172 g/mol. The molecule has 0 spiro atoms. The lowest BCUT2D eigenvalue weighted by molar-refractivity contribution is 0.0327. The van der Waals surface area contributed by atoms with E-state index in [9.17, 15) is 0 Å². The monoisotopic (exact) mass is 198 g/mol. The predicted octanol–water partition coefficient (Wildman–Crippen LogP) is 2.09. The van der Waals surface area contributed by atoms with Crippen LogP contribution in [0.15, 0.2) is 0 Å². The maximum absolute atomic E-state index is 5.77. The Morgan fingerprint density at radius 3 is 2.14 bits per heavy atom. The zero-order chi connectivity index (χ0) is 10.7. The average Bonchev–Trinajstić information content (AvgIpc) is 2.01. The average molecular weight is 198 g/mol. The van der Waals surface area contributed by atoms with Gasteiger partial charge < -0.3 is 5.73 Å². The molecule has 1 fully saturated rings. The van der Waals surface area contributed by atoms with E-state index in [1.165, 1.54) is 19.4 Å². The lowest BCUT2D eigenvalue weighted by atomic mass is 9.77. The van der Waals surface area contributed by atoms with Crippen molar-refractivity contribution in [1.82, 2.24) is 4.90 Å². The summed E-state index contributed by atoms with van der Waals surface area (Å²) in [7, 11) is 0. The highest BCUT2D eigenvalue weighted by Crippen LogP contribution is 2.32. The fraction of sp³-hybridized carbons (Fsp3) is 1.00.